The third kappa shape index (κ3) is 2.24. The lowest BCUT2D eigenvalue weighted by Crippen LogP contribution is -2.04. The minimum atomic E-state index is 0.412. The van der Waals surface area contributed by atoms with E-state index in [-0.39, 0.29) is 0 Å². The van der Waals surface area contributed by atoms with Crippen molar-refractivity contribution < 1.29 is 24.2 Å². The summed E-state index contributed by atoms with van der Waals surface area (Å²) >= 11 is 0. The van der Waals surface area contributed by atoms with Crippen molar-refractivity contribution in [2.24, 2.45) is 5.16 Å². The first-order valence-corrected chi connectivity index (χ1v) is 8.77. The lowest BCUT2D eigenvalue weighted by molar-refractivity contribution is 0.319. The van der Waals surface area contributed by atoms with Gasteiger partial charge in [-0.15, -0.1) is 0 Å². The van der Waals surface area contributed by atoms with Crippen LogP contribution in [-0.4, -0.2) is 39.4 Å². The number of methoxy groups -OCH3 is 4. The van der Waals surface area contributed by atoms with Gasteiger partial charge >= 0.3 is 0 Å². The minimum absolute atomic E-state index is 0.412. The van der Waals surface area contributed by atoms with Crippen molar-refractivity contribution in [1.82, 2.24) is 0 Å². The van der Waals surface area contributed by atoms with Gasteiger partial charge in [-0.05, 0) is 30.7 Å². The molecule has 0 aromatic heterocycles. The maximum Gasteiger partial charge on any atom is 0.140 e. The van der Waals surface area contributed by atoms with Crippen molar-refractivity contribution in [2.45, 2.75) is 6.92 Å². The van der Waals surface area contributed by atoms with Crippen LogP contribution in [0.3, 0.4) is 0 Å². The fourth-order valence-electron chi connectivity index (χ4n) is 4.09. The Morgan fingerprint density at radius 2 is 1.50 bits per heavy atom. The second kappa shape index (κ2) is 6.64. The molecule has 0 heterocycles. The molecule has 0 amide bonds. The summed E-state index contributed by atoms with van der Waals surface area (Å²) in [7, 11) is 6.44. The highest BCUT2D eigenvalue weighted by molar-refractivity contribution is 6.30. The van der Waals surface area contributed by atoms with Crippen LogP contribution in [0.2, 0.25) is 0 Å². The molecule has 1 aliphatic rings. The van der Waals surface area contributed by atoms with E-state index in [1.807, 2.05) is 37.3 Å². The number of rotatable bonds is 4. The molecule has 6 heteroatoms. The number of oxime groups is 1. The lowest BCUT2D eigenvalue weighted by atomic mass is 9.96. The quantitative estimate of drug-likeness (QED) is 0.421. The molecule has 144 valence electrons. The summed E-state index contributed by atoms with van der Waals surface area (Å²) in [6.07, 6.45) is 0. The van der Waals surface area contributed by atoms with Crippen molar-refractivity contribution in [3.63, 3.8) is 0 Å². The molecule has 28 heavy (non-hydrogen) atoms. The fourth-order valence-corrected chi connectivity index (χ4v) is 4.09. The Morgan fingerprint density at radius 1 is 0.786 bits per heavy atom. The van der Waals surface area contributed by atoms with Crippen LogP contribution in [0.25, 0.3) is 21.9 Å². The summed E-state index contributed by atoms with van der Waals surface area (Å²) in [6, 6.07) is 9.63. The maximum atomic E-state index is 9.92. The van der Waals surface area contributed by atoms with E-state index in [9.17, 15) is 5.21 Å². The molecule has 3 aromatic carbocycles. The third-order valence-corrected chi connectivity index (χ3v) is 5.14. The Bertz CT molecular complexity index is 1130. The van der Waals surface area contributed by atoms with Crippen LogP contribution in [0.15, 0.2) is 35.5 Å². The zero-order valence-electron chi connectivity index (χ0n) is 16.4. The fraction of sp³-hybridized carbons (Fsp3) is 0.227. The van der Waals surface area contributed by atoms with Crippen LogP contribution < -0.4 is 18.9 Å². The van der Waals surface area contributed by atoms with Crippen LogP contribution in [-0.2, 0) is 0 Å². The van der Waals surface area contributed by atoms with E-state index in [1.54, 1.807) is 28.4 Å². The highest BCUT2D eigenvalue weighted by Gasteiger charge is 2.37. The van der Waals surface area contributed by atoms with Gasteiger partial charge in [0.1, 0.15) is 28.7 Å². The number of nitrogens with zero attached hydrogens (tertiary/aromatic N) is 1. The van der Waals surface area contributed by atoms with Gasteiger partial charge in [0.2, 0.25) is 0 Å². The summed E-state index contributed by atoms with van der Waals surface area (Å²) < 4.78 is 22.9. The van der Waals surface area contributed by atoms with Crippen LogP contribution in [0.1, 0.15) is 16.7 Å². The van der Waals surface area contributed by atoms with Gasteiger partial charge in [0.25, 0.3) is 0 Å². The Labute approximate surface area is 162 Å². The standard InChI is InChI=1S/C22H21NO5/c1-11-9-13-16(15(10-11)26-3)18-19(20(13)23-24)22(28-5)17-12(21(18)27-4)7-6-8-14(17)25-2/h6-10,24H,1-5H3/b23-20+. The van der Waals surface area contributed by atoms with E-state index in [0.29, 0.717) is 34.3 Å². The highest BCUT2D eigenvalue weighted by atomic mass is 16.5. The second-order valence-corrected chi connectivity index (χ2v) is 6.54. The molecule has 6 nitrogen and oxygen atoms in total. The molecule has 0 unspecified atom stereocenters. The van der Waals surface area contributed by atoms with Gasteiger partial charge in [0.05, 0.1) is 39.4 Å². The summed E-state index contributed by atoms with van der Waals surface area (Å²) in [5.74, 6) is 2.53. The van der Waals surface area contributed by atoms with Crippen LogP contribution >= 0.6 is 0 Å². The van der Waals surface area contributed by atoms with E-state index in [0.717, 1.165) is 33.0 Å². The Morgan fingerprint density at radius 3 is 2.11 bits per heavy atom. The average Bonchev–Trinajstić information content (AvgIpc) is 3.04. The largest absolute Gasteiger partial charge is 0.496 e. The number of aryl methyl sites for hydroxylation is 1. The van der Waals surface area contributed by atoms with E-state index in [2.05, 4.69) is 5.16 Å². The van der Waals surface area contributed by atoms with Gasteiger partial charge in [0.15, 0.2) is 0 Å². The number of fused-ring (bicyclic) bond motifs is 4. The molecule has 0 spiro atoms. The van der Waals surface area contributed by atoms with Crippen LogP contribution in [0.5, 0.6) is 23.0 Å². The van der Waals surface area contributed by atoms with Crippen molar-refractivity contribution in [3.05, 3.63) is 47.0 Å². The predicted molar refractivity (Wildman–Crippen MR) is 108 cm³/mol. The topological polar surface area (TPSA) is 69.5 Å². The Balaban J connectivity index is 2.29. The SMILES string of the molecule is COc1cc(C)cc2c1-c1c(c(OC)c3c(OC)cccc3c1OC)/C2=N/O. The summed E-state index contributed by atoms with van der Waals surface area (Å²) in [5, 5.41) is 15.1. The molecule has 1 aliphatic carbocycles. The second-order valence-electron chi connectivity index (χ2n) is 6.54. The normalized spacial score (nSPS) is 13.4. The molecule has 0 atom stereocenters. The van der Waals surface area contributed by atoms with Crippen molar-refractivity contribution in [2.75, 3.05) is 28.4 Å². The number of benzene rings is 3. The van der Waals surface area contributed by atoms with Gasteiger partial charge in [-0.3, -0.25) is 0 Å². The molecular weight excluding hydrogens is 358 g/mol. The molecule has 0 aliphatic heterocycles. The summed E-state index contributed by atoms with van der Waals surface area (Å²) in [5.41, 5.74) is 4.41. The van der Waals surface area contributed by atoms with E-state index in [1.165, 1.54) is 0 Å². The molecule has 1 N–H and O–H groups in total. The van der Waals surface area contributed by atoms with Gasteiger partial charge in [-0.2, -0.15) is 0 Å². The average molecular weight is 379 g/mol. The van der Waals surface area contributed by atoms with Crippen LogP contribution in [0.4, 0.5) is 0 Å². The first-order valence-electron chi connectivity index (χ1n) is 8.77. The third-order valence-electron chi connectivity index (χ3n) is 5.14. The molecule has 0 saturated carbocycles. The molecule has 0 fully saturated rings. The first-order chi connectivity index (χ1) is 13.6. The predicted octanol–water partition coefficient (Wildman–Crippen LogP) is 4.39. The smallest absolute Gasteiger partial charge is 0.140 e. The van der Waals surface area contributed by atoms with Crippen molar-refractivity contribution in [1.29, 1.82) is 0 Å². The summed E-state index contributed by atoms with van der Waals surface area (Å²) in [6.45, 7) is 1.97. The van der Waals surface area contributed by atoms with E-state index < -0.39 is 0 Å². The molecule has 0 radical (unpaired) electrons. The van der Waals surface area contributed by atoms with Gasteiger partial charge in [-0.25, -0.2) is 0 Å². The van der Waals surface area contributed by atoms with Gasteiger partial charge in [-0.1, -0.05) is 17.3 Å². The molecule has 0 saturated heterocycles. The monoisotopic (exact) mass is 379 g/mol. The molecule has 4 rings (SSSR count). The van der Waals surface area contributed by atoms with Crippen LogP contribution in [0, 0.1) is 6.92 Å². The number of hydrogen-bond donors (Lipinski definition) is 1. The Kier molecular flexibility index (Phi) is 4.26. The highest BCUT2D eigenvalue weighted by Crippen LogP contribution is 2.55. The van der Waals surface area contributed by atoms with E-state index >= 15 is 0 Å². The van der Waals surface area contributed by atoms with Crippen molar-refractivity contribution >= 4 is 16.5 Å². The first kappa shape index (κ1) is 18.0. The minimum Gasteiger partial charge on any atom is -0.496 e. The van der Waals surface area contributed by atoms with Gasteiger partial charge in [0, 0.05) is 22.1 Å². The zero-order valence-corrected chi connectivity index (χ0v) is 16.4. The summed E-state index contributed by atoms with van der Waals surface area (Å²) in [4.78, 5) is 0. The Hall–Kier alpha value is -3.41. The number of hydrogen-bond acceptors (Lipinski definition) is 6. The van der Waals surface area contributed by atoms with Gasteiger partial charge < -0.3 is 24.2 Å². The molecule has 0 bridgehead atoms. The zero-order chi connectivity index (χ0) is 20.0. The molecule has 3 aromatic rings. The molecular formula is C22H21NO5. The maximum absolute atomic E-state index is 9.92. The van der Waals surface area contributed by atoms with E-state index in [4.69, 9.17) is 18.9 Å². The van der Waals surface area contributed by atoms with Crippen molar-refractivity contribution in [3.8, 4) is 34.1 Å². The lowest BCUT2D eigenvalue weighted by Gasteiger charge is -2.19. The number of ether oxygens (including phenoxy) is 4.